The second-order valence-electron chi connectivity index (χ2n) is 7.80. The van der Waals surface area contributed by atoms with Crippen molar-refractivity contribution < 1.29 is 14.7 Å². The Labute approximate surface area is 164 Å². The van der Waals surface area contributed by atoms with Crippen molar-refractivity contribution in [2.45, 2.75) is 32.6 Å². The van der Waals surface area contributed by atoms with E-state index in [1.54, 1.807) is 34.7 Å². The van der Waals surface area contributed by atoms with Crippen LogP contribution in [0, 0.1) is 5.92 Å². The maximum atomic E-state index is 12.9. The molecule has 1 fully saturated rings. The third kappa shape index (κ3) is 4.01. The lowest BCUT2D eigenvalue weighted by molar-refractivity contribution is 0.0696. The molecular formula is C22H26N2O4. The largest absolute Gasteiger partial charge is 0.478 e. The van der Waals surface area contributed by atoms with E-state index >= 15 is 0 Å². The lowest BCUT2D eigenvalue weighted by atomic mass is 9.98. The first-order valence-corrected chi connectivity index (χ1v) is 9.59. The number of hydrogen-bond acceptors (Lipinski definition) is 3. The van der Waals surface area contributed by atoms with Crippen LogP contribution in [-0.2, 0) is 13.5 Å². The number of amides is 1. The number of aromatic carboxylic acids is 1. The van der Waals surface area contributed by atoms with E-state index in [1.165, 1.54) is 0 Å². The third-order valence-electron chi connectivity index (χ3n) is 5.46. The summed E-state index contributed by atoms with van der Waals surface area (Å²) in [5, 5.41) is 8.98. The van der Waals surface area contributed by atoms with Crippen molar-refractivity contribution in [2.24, 2.45) is 13.0 Å². The predicted molar refractivity (Wildman–Crippen MR) is 107 cm³/mol. The van der Waals surface area contributed by atoms with Crippen LogP contribution >= 0.6 is 0 Å². The molecule has 28 heavy (non-hydrogen) atoms. The highest BCUT2D eigenvalue weighted by molar-refractivity contribution is 5.94. The molecule has 6 nitrogen and oxygen atoms in total. The Hall–Kier alpha value is -2.89. The van der Waals surface area contributed by atoms with Crippen LogP contribution in [0.25, 0.3) is 0 Å². The summed E-state index contributed by atoms with van der Waals surface area (Å²) in [7, 11) is 1.71. The van der Waals surface area contributed by atoms with Crippen molar-refractivity contribution in [2.75, 3.05) is 13.1 Å². The van der Waals surface area contributed by atoms with E-state index in [-0.39, 0.29) is 28.5 Å². The molecule has 1 amide bonds. The third-order valence-corrected chi connectivity index (χ3v) is 5.46. The van der Waals surface area contributed by atoms with E-state index in [0.717, 1.165) is 24.1 Å². The van der Waals surface area contributed by atoms with Gasteiger partial charge in [0.05, 0.1) is 5.56 Å². The van der Waals surface area contributed by atoms with E-state index < -0.39 is 5.97 Å². The molecule has 2 aromatic rings. The van der Waals surface area contributed by atoms with Gasteiger partial charge in [-0.05, 0) is 54.5 Å². The van der Waals surface area contributed by atoms with Crippen LogP contribution in [-0.4, -0.2) is 39.5 Å². The Balaban J connectivity index is 1.68. The average Bonchev–Trinajstić information content (AvgIpc) is 3.12. The number of benzene rings is 1. The van der Waals surface area contributed by atoms with Crippen LogP contribution in [0.2, 0.25) is 0 Å². The number of carbonyl (C=O) groups is 2. The summed E-state index contributed by atoms with van der Waals surface area (Å²) in [6, 6.07) is 10.4. The molecule has 1 aromatic heterocycles. The SMILES string of the molecule is CC(C)c1ccc(C(=O)N2CCC(Cc3ccc(C(=O)O)cc3)C2)c(=O)n1C. The number of nitrogens with zero attached hydrogens (tertiary/aromatic N) is 2. The minimum Gasteiger partial charge on any atom is -0.478 e. The van der Waals surface area contributed by atoms with Crippen molar-refractivity contribution in [3.63, 3.8) is 0 Å². The van der Waals surface area contributed by atoms with Gasteiger partial charge < -0.3 is 14.6 Å². The number of hydrogen-bond donors (Lipinski definition) is 1. The highest BCUT2D eigenvalue weighted by Gasteiger charge is 2.28. The second-order valence-corrected chi connectivity index (χ2v) is 7.80. The molecule has 148 valence electrons. The first kappa shape index (κ1) is 19.9. The number of likely N-dealkylation sites (tertiary alicyclic amines) is 1. The molecule has 0 spiro atoms. The van der Waals surface area contributed by atoms with E-state index in [9.17, 15) is 14.4 Å². The summed E-state index contributed by atoms with van der Waals surface area (Å²) < 4.78 is 1.56. The maximum Gasteiger partial charge on any atom is 0.335 e. The van der Waals surface area contributed by atoms with Gasteiger partial charge in [0.2, 0.25) is 0 Å². The topological polar surface area (TPSA) is 79.6 Å². The van der Waals surface area contributed by atoms with Crippen molar-refractivity contribution in [1.29, 1.82) is 0 Å². The highest BCUT2D eigenvalue weighted by atomic mass is 16.4. The van der Waals surface area contributed by atoms with E-state index in [4.69, 9.17) is 5.11 Å². The zero-order valence-electron chi connectivity index (χ0n) is 16.5. The van der Waals surface area contributed by atoms with Crippen LogP contribution in [0.4, 0.5) is 0 Å². The molecule has 3 rings (SSSR count). The molecule has 1 saturated heterocycles. The van der Waals surface area contributed by atoms with Gasteiger partial charge in [-0.3, -0.25) is 9.59 Å². The molecule has 1 N–H and O–H groups in total. The van der Waals surface area contributed by atoms with Gasteiger partial charge in [-0.25, -0.2) is 4.79 Å². The fraction of sp³-hybridized carbons (Fsp3) is 0.409. The van der Waals surface area contributed by atoms with Crippen LogP contribution < -0.4 is 5.56 Å². The summed E-state index contributed by atoms with van der Waals surface area (Å²) in [5.74, 6) is -0.627. The van der Waals surface area contributed by atoms with Crippen molar-refractivity contribution in [3.8, 4) is 0 Å². The van der Waals surface area contributed by atoms with Gasteiger partial charge in [0.25, 0.3) is 11.5 Å². The summed E-state index contributed by atoms with van der Waals surface area (Å²) >= 11 is 0. The summed E-state index contributed by atoms with van der Waals surface area (Å²) in [6.07, 6.45) is 1.66. The van der Waals surface area contributed by atoms with Crippen molar-refractivity contribution in [3.05, 3.63) is 69.1 Å². The standard InChI is InChI=1S/C22H26N2O4/c1-14(2)19-9-8-18(20(25)23(19)3)21(26)24-11-10-16(13-24)12-15-4-6-17(7-5-15)22(27)28/h4-9,14,16H,10-13H2,1-3H3,(H,27,28). The van der Waals surface area contributed by atoms with Crippen LogP contribution in [0.5, 0.6) is 0 Å². The monoisotopic (exact) mass is 382 g/mol. The Morgan fingerprint density at radius 1 is 1.14 bits per heavy atom. The Morgan fingerprint density at radius 3 is 2.43 bits per heavy atom. The Bertz CT molecular complexity index is 944. The van der Waals surface area contributed by atoms with Gasteiger partial charge in [-0.1, -0.05) is 26.0 Å². The van der Waals surface area contributed by atoms with Gasteiger partial charge >= 0.3 is 5.97 Å². The van der Waals surface area contributed by atoms with E-state index in [2.05, 4.69) is 0 Å². The van der Waals surface area contributed by atoms with Gasteiger partial charge in [0, 0.05) is 25.8 Å². The summed E-state index contributed by atoms with van der Waals surface area (Å²) in [4.78, 5) is 38.2. The number of rotatable bonds is 5. The quantitative estimate of drug-likeness (QED) is 0.862. The molecule has 0 aliphatic carbocycles. The number of carbonyl (C=O) groups excluding carboxylic acids is 1. The fourth-order valence-corrected chi connectivity index (χ4v) is 3.86. The van der Waals surface area contributed by atoms with Crippen molar-refractivity contribution >= 4 is 11.9 Å². The first-order valence-electron chi connectivity index (χ1n) is 9.59. The van der Waals surface area contributed by atoms with Crippen LogP contribution in [0.15, 0.2) is 41.2 Å². The smallest absolute Gasteiger partial charge is 0.335 e. The molecule has 1 atom stereocenters. The molecule has 1 aliphatic heterocycles. The molecule has 0 radical (unpaired) electrons. The molecule has 1 aromatic carbocycles. The van der Waals surface area contributed by atoms with E-state index in [0.29, 0.717) is 19.0 Å². The van der Waals surface area contributed by atoms with Crippen molar-refractivity contribution in [1.82, 2.24) is 9.47 Å². The maximum absolute atomic E-state index is 12.9. The molecule has 0 bridgehead atoms. The van der Waals surface area contributed by atoms with Gasteiger partial charge in [0.15, 0.2) is 0 Å². The number of carboxylic acid groups (broad SMARTS) is 1. The van der Waals surface area contributed by atoms with Crippen LogP contribution in [0.3, 0.4) is 0 Å². The van der Waals surface area contributed by atoms with Gasteiger partial charge in [0.1, 0.15) is 5.56 Å². The molecule has 0 saturated carbocycles. The van der Waals surface area contributed by atoms with E-state index in [1.807, 2.05) is 32.0 Å². The predicted octanol–water partition coefficient (Wildman–Crippen LogP) is 2.91. The number of aromatic nitrogens is 1. The molecule has 6 heteroatoms. The summed E-state index contributed by atoms with van der Waals surface area (Å²) in [6.45, 7) is 5.27. The zero-order valence-corrected chi connectivity index (χ0v) is 16.5. The first-order chi connectivity index (χ1) is 13.3. The van der Waals surface area contributed by atoms with Gasteiger partial charge in [-0.2, -0.15) is 0 Å². The number of pyridine rings is 1. The summed E-state index contributed by atoms with van der Waals surface area (Å²) in [5.41, 5.74) is 2.21. The lowest BCUT2D eigenvalue weighted by Gasteiger charge is -2.18. The molecule has 1 unspecified atom stereocenters. The van der Waals surface area contributed by atoms with Crippen LogP contribution in [0.1, 0.15) is 58.2 Å². The average molecular weight is 382 g/mol. The zero-order chi connectivity index (χ0) is 20.4. The second kappa shape index (κ2) is 8.00. The highest BCUT2D eigenvalue weighted by Crippen LogP contribution is 2.23. The molecule has 2 heterocycles. The minimum absolute atomic E-state index is 0.209. The normalized spacial score (nSPS) is 16.6. The Morgan fingerprint density at radius 2 is 1.82 bits per heavy atom. The number of carboxylic acids is 1. The Kier molecular flexibility index (Phi) is 5.68. The van der Waals surface area contributed by atoms with Gasteiger partial charge in [-0.15, -0.1) is 0 Å². The molecule has 1 aliphatic rings. The molecular weight excluding hydrogens is 356 g/mol. The fourth-order valence-electron chi connectivity index (χ4n) is 3.86. The minimum atomic E-state index is -0.936. The lowest BCUT2D eigenvalue weighted by Crippen LogP contribution is -2.35.